The van der Waals surface area contributed by atoms with Gasteiger partial charge in [0.15, 0.2) is 0 Å². The van der Waals surface area contributed by atoms with Crippen LogP contribution in [0.3, 0.4) is 0 Å². The van der Waals surface area contributed by atoms with E-state index in [9.17, 15) is 10.1 Å². The van der Waals surface area contributed by atoms with Gasteiger partial charge in [-0.3, -0.25) is 10.1 Å². The van der Waals surface area contributed by atoms with E-state index in [-0.39, 0.29) is 9.92 Å². The van der Waals surface area contributed by atoms with Crippen LogP contribution >= 0.6 is 11.3 Å². The molecule has 0 amide bonds. The van der Waals surface area contributed by atoms with Gasteiger partial charge < -0.3 is 4.84 Å². The number of nitrogens with zero attached hydrogens (tertiary/aromatic N) is 2. The summed E-state index contributed by atoms with van der Waals surface area (Å²) in [5.41, 5.74) is 0. The van der Waals surface area contributed by atoms with Crippen molar-refractivity contribution in [1.29, 1.82) is 0 Å². The van der Waals surface area contributed by atoms with Crippen LogP contribution in [0.5, 0.6) is 0 Å². The van der Waals surface area contributed by atoms with Gasteiger partial charge in [0, 0.05) is 23.6 Å². The maximum atomic E-state index is 10.4. The Morgan fingerprint density at radius 3 is 3.07 bits per heavy atom. The maximum Gasteiger partial charge on any atom is 0.324 e. The second kappa shape index (κ2) is 6.13. The van der Waals surface area contributed by atoms with Crippen LogP contribution in [0.2, 0.25) is 0 Å². The Kier molecular flexibility index (Phi) is 4.76. The van der Waals surface area contributed by atoms with E-state index in [1.165, 1.54) is 6.07 Å². The Balaban J connectivity index is 2.37. The van der Waals surface area contributed by atoms with E-state index < -0.39 is 0 Å². The Labute approximate surface area is 91.5 Å². The van der Waals surface area contributed by atoms with Gasteiger partial charge in [-0.2, -0.15) is 0 Å². The molecule has 0 N–H and O–H groups in total. The van der Waals surface area contributed by atoms with Crippen LogP contribution in [-0.4, -0.2) is 17.7 Å². The number of thiophene rings is 1. The fourth-order valence-electron chi connectivity index (χ4n) is 0.898. The highest BCUT2D eigenvalue weighted by atomic mass is 32.1. The summed E-state index contributed by atoms with van der Waals surface area (Å²) in [6.45, 7) is 2.60. The van der Waals surface area contributed by atoms with Gasteiger partial charge in [0.2, 0.25) is 0 Å². The van der Waals surface area contributed by atoms with Gasteiger partial charge in [0.05, 0.1) is 4.92 Å². The lowest BCUT2D eigenvalue weighted by Crippen LogP contribution is -1.86. The molecule has 1 rings (SSSR count). The highest BCUT2D eigenvalue weighted by Crippen LogP contribution is 2.23. The molecule has 0 saturated heterocycles. The smallest absolute Gasteiger partial charge is 0.324 e. The lowest BCUT2D eigenvalue weighted by molar-refractivity contribution is -0.380. The molecule has 1 heterocycles. The first-order valence-corrected chi connectivity index (χ1v) is 5.42. The Bertz CT molecular complexity index is 349. The molecular formula is C9H12N2O3S. The predicted molar refractivity (Wildman–Crippen MR) is 59.4 cm³/mol. The standard InChI is InChI=1S/C9H12N2O3S/c1-2-7-14-10-6-5-8-3-4-9(15-8)11(12)13/h3-4,6H,2,5,7H2,1H3. The van der Waals surface area contributed by atoms with E-state index in [4.69, 9.17) is 4.84 Å². The molecule has 0 atom stereocenters. The first-order valence-electron chi connectivity index (χ1n) is 4.61. The zero-order chi connectivity index (χ0) is 11.1. The Morgan fingerprint density at radius 2 is 2.47 bits per heavy atom. The number of nitro groups is 1. The molecule has 0 bridgehead atoms. The van der Waals surface area contributed by atoms with Crippen LogP contribution < -0.4 is 0 Å². The summed E-state index contributed by atoms with van der Waals surface area (Å²) >= 11 is 1.16. The molecule has 0 aliphatic heterocycles. The molecule has 1 aromatic rings. The third kappa shape index (κ3) is 4.07. The summed E-state index contributed by atoms with van der Waals surface area (Å²) in [5.74, 6) is 0. The maximum absolute atomic E-state index is 10.4. The van der Waals surface area contributed by atoms with Crippen LogP contribution in [-0.2, 0) is 11.3 Å². The lowest BCUT2D eigenvalue weighted by atomic mass is 10.4. The minimum atomic E-state index is -0.390. The SMILES string of the molecule is CCCON=CCc1ccc([N+](=O)[O-])s1. The van der Waals surface area contributed by atoms with E-state index in [1.807, 2.05) is 6.92 Å². The van der Waals surface area contributed by atoms with E-state index in [1.54, 1.807) is 12.3 Å². The van der Waals surface area contributed by atoms with Crippen molar-refractivity contribution in [3.8, 4) is 0 Å². The van der Waals surface area contributed by atoms with Crippen molar-refractivity contribution in [2.24, 2.45) is 5.16 Å². The highest BCUT2D eigenvalue weighted by molar-refractivity contribution is 7.15. The van der Waals surface area contributed by atoms with Crippen LogP contribution in [0.25, 0.3) is 0 Å². The largest absolute Gasteiger partial charge is 0.396 e. The van der Waals surface area contributed by atoms with Crippen LogP contribution in [0.4, 0.5) is 5.00 Å². The van der Waals surface area contributed by atoms with Crippen molar-refractivity contribution < 1.29 is 9.76 Å². The molecule has 5 nitrogen and oxygen atoms in total. The van der Waals surface area contributed by atoms with E-state index in [2.05, 4.69) is 5.16 Å². The monoisotopic (exact) mass is 228 g/mol. The van der Waals surface area contributed by atoms with Crippen molar-refractivity contribution in [2.45, 2.75) is 19.8 Å². The Morgan fingerprint density at radius 1 is 1.67 bits per heavy atom. The summed E-state index contributed by atoms with van der Waals surface area (Å²) in [6, 6.07) is 3.23. The molecule has 15 heavy (non-hydrogen) atoms. The topological polar surface area (TPSA) is 64.7 Å². The lowest BCUT2D eigenvalue weighted by Gasteiger charge is -1.92. The summed E-state index contributed by atoms with van der Waals surface area (Å²) in [7, 11) is 0. The van der Waals surface area contributed by atoms with Crippen molar-refractivity contribution in [2.75, 3.05) is 6.61 Å². The Hall–Kier alpha value is -1.43. The molecule has 1 aromatic heterocycles. The second-order valence-electron chi connectivity index (χ2n) is 2.82. The van der Waals surface area contributed by atoms with E-state index in [0.29, 0.717) is 13.0 Å². The summed E-state index contributed by atoms with van der Waals surface area (Å²) in [5, 5.41) is 14.3. The normalized spacial score (nSPS) is 10.7. The molecule has 0 fully saturated rings. The average molecular weight is 228 g/mol. The van der Waals surface area contributed by atoms with Crippen molar-refractivity contribution in [3.05, 3.63) is 27.1 Å². The molecule has 0 aromatic carbocycles. The zero-order valence-corrected chi connectivity index (χ0v) is 9.20. The number of hydrogen-bond donors (Lipinski definition) is 0. The predicted octanol–water partition coefficient (Wildman–Crippen LogP) is 2.61. The zero-order valence-electron chi connectivity index (χ0n) is 8.38. The number of hydrogen-bond acceptors (Lipinski definition) is 5. The van der Waals surface area contributed by atoms with Gasteiger partial charge in [0.1, 0.15) is 6.61 Å². The van der Waals surface area contributed by atoms with Gasteiger partial charge in [0.25, 0.3) is 0 Å². The molecule has 0 radical (unpaired) electrons. The van der Waals surface area contributed by atoms with Gasteiger partial charge in [-0.15, -0.1) is 0 Å². The van der Waals surface area contributed by atoms with Crippen molar-refractivity contribution >= 4 is 22.6 Å². The summed E-state index contributed by atoms with van der Waals surface area (Å²) < 4.78 is 0. The van der Waals surface area contributed by atoms with Gasteiger partial charge in [-0.05, 0) is 12.5 Å². The van der Waals surface area contributed by atoms with Gasteiger partial charge in [-0.1, -0.05) is 23.4 Å². The molecule has 0 aliphatic rings. The first kappa shape index (κ1) is 11.6. The second-order valence-corrected chi connectivity index (χ2v) is 3.97. The van der Waals surface area contributed by atoms with Crippen LogP contribution in [0.1, 0.15) is 18.2 Å². The van der Waals surface area contributed by atoms with Crippen molar-refractivity contribution in [1.82, 2.24) is 0 Å². The van der Waals surface area contributed by atoms with Gasteiger partial charge >= 0.3 is 5.00 Å². The molecule has 0 unspecified atom stereocenters. The summed E-state index contributed by atoms with van der Waals surface area (Å²) in [6.07, 6.45) is 3.11. The van der Waals surface area contributed by atoms with E-state index in [0.717, 1.165) is 22.6 Å². The van der Waals surface area contributed by atoms with Crippen molar-refractivity contribution in [3.63, 3.8) is 0 Å². The molecular weight excluding hydrogens is 216 g/mol. The summed E-state index contributed by atoms with van der Waals surface area (Å²) in [4.78, 5) is 15.8. The minimum Gasteiger partial charge on any atom is -0.396 e. The third-order valence-electron chi connectivity index (χ3n) is 1.56. The first-order chi connectivity index (χ1) is 7.24. The minimum absolute atomic E-state index is 0.160. The van der Waals surface area contributed by atoms with Crippen LogP contribution in [0.15, 0.2) is 17.3 Å². The third-order valence-corrected chi connectivity index (χ3v) is 2.62. The molecule has 0 spiro atoms. The van der Waals surface area contributed by atoms with Gasteiger partial charge in [-0.25, -0.2) is 0 Å². The van der Waals surface area contributed by atoms with E-state index >= 15 is 0 Å². The fraction of sp³-hybridized carbons (Fsp3) is 0.444. The molecule has 0 saturated carbocycles. The van der Waals surface area contributed by atoms with Crippen LogP contribution in [0, 0.1) is 10.1 Å². The average Bonchev–Trinajstić information content (AvgIpc) is 2.66. The molecule has 0 aliphatic carbocycles. The number of rotatable bonds is 6. The highest BCUT2D eigenvalue weighted by Gasteiger charge is 2.08. The fourth-order valence-corrected chi connectivity index (χ4v) is 1.67. The molecule has 6 heteroatoms. The molecule has 82 valence electrons. The quantitative estimate of drug-likeness (QED) is 0.325. The number of oxime groups is 1.